The highest BCUT2D eigenvalue weighted by Crippen LogP contribution is 2.12. The van der Waals surface area contributed by atoms with Crippen molar-refractivity contribution < 1.29 is 15.0 Å². The van der Waals surface area contributed by atoms with Gasteiger partial charge in [-0.05, 0) is 32.1 Å². The third-order valence-corrected chi connectivity index (χ3v) is 4.33. The first-order valence-electron chi connectivity index (χ1n) is 8.81. The number of unbranched alkanes of at least 4 members (excludes halogenated alkanes) is 7. The summed E-state index contributed by atoms with van der Waals surface area (Å²) in [7, 11) is 0. The molecule has 0 bridgehead atoms. The van der Waals surface area contributed by atoms with Crippen LogP contribution < -0.4 is 0 Å². The molecule has 0 radical (unpaired) electrons. The van der Waals surface area contributed by atoms with Gasteiger partial charge in [-0.3, -0.25) is 4.79 Å². The first-order valence-corrected chi connectivity index (χ1v) is 9.33. The van der Waals surface area contributed by atoms with E-state index in [-0.39, 0.29) is 6.10 Å². The smallest absolute Gasteiger partial charge is 0.316 e. The third-order valence-electron chi connectivity index (χ3n) is 3.85. The van der Waals surface area contributed by atoms with E-state index in [9.17, 15) is 9.90 Å². The normalized spacial score (nSPS) is 14.3. The summed E-state index contributed by atoms with van der Waals surface area (Å²) in [5, 5.41) is 18.0. The van der Waals surface area contributed by atoms with Gasteiger partial charge < -0.3 is 10.2 Å². The van der Waals surface area contributed by atoms with E-state index in [1.165, 1.54) is 19.3 Å². The largest absolute Gasteiger partial charge is 0.480 e. The van der Waals surface area contributed by atoms with Crippen LogP contribution in [0.15, 0.2) is 12.2 Å². The lowest BCUT2D eigenvalue weighted by Gasteiger charge is -2.07. The SMILES string of the molecule is CCCCCCC(O)C/C=C\CCCCCCC(S)C(=O)O. The number of aliphatic hydroxyl groups is 1. The van der Waals surface area contributed by atoms with Crippen LogP contribution in [0, 0.1) is 0 Å². The molecule has 0 aliphatic rings. The van der Waals surface area contributed by atoms with Crippen LogP contribution in [0.25, 0.3) is 0 Å². The summed E-state index contributed by atoms with van der Waals surface area (Å²) in [4.78, 5) is 10.6. The minimum atomic E-state index is -0.820. The Labute approximate surface area is 141 Å². The van der Waals surface area contributed by atoms with E-state index >= 15 is 0 Å². The van der Waals surface area contributed by atoms with Gasteiger partial charge in [0.15, 0.2) is 0 Å². The molecule has 0 aliphatic carbocycles. The number of carboxylic acids is 1. The Morgan fingerprint density at radius 3 is 2.32 bits per heavy atom. The Hall–Kier alpha value is -0.480. The molecular formula is C18H34O3S. The Bertz CT molecular complexity index is 292. The monoisotopic (exact) mass is 330 g/mol. The molecular weight excluding hydrogens is 296 g/mol. The molecule has 0 amide bonds. The zero-order valence-corrected chi connectivity index (χ0v) is 14.9. The van der Waals surface area contributed by atoms with Gasteiger partial charge in [0.25, 0.3) is 0 Å². The first kappa shape index (κ1) is 21.5. The van der Waals surface area contributed by atoms with Gasteiger partial charge in [0, 0.05) is 0 Å². The molecule has 2 atom stereocenters. The molecule has 0 fully saturated rings. The van der Waals surface area contributed by atoms with E-state index in [1.54, 1.807) is 0 Å². The molecule has 2 unspecified atom stereocenters. The van der Waals surface area contributed by atoms with Crippen LogP contribution in [-0.4, -0.2) is 27.5 Å². The number of hydrogen-bond donors (Lipinski definition) is 3. The number of rotatable bonds is 15. The van der Waals surface area contributed by atoms with Crippen molar-refractivity contribution in [2.24, 2.45) is 0 Å². The standard InChI is InChI=1S/C18H34O3S/c1-2-3-4-10-13-16(19)14-11-8-6-5-7-9-12-15-17(22)18(20)21/h8,11,16-17,19,22H,2-7,9-10,12-15H2,1H3,(H,20,21)/b11-8-. The van der Waals surface area contributed by atoms with Crippen molar-refractivity contribution in [3.05, 3.63) is 12.2 Å². The van der Waals surface area contributed by atoms with Gasteiger partial charge in [-0.1, -0.05) is 64.0 Å². The van der Waals surface area contributed by atoms with E-state index in [1.807, 2.05) is 0 Å². The van der Waals surface area contributed by atoms with E-state index in [4.69, 9.17) is 5.11 Å². The third kappa shape index (κ3) is 14.5. The van der Waals surface area contributed by atoms with E-state index < -0.39 is 11.2 Å². The van der Waals surface area contributed by atoms with Crippen LogP contribution in [-0.2, 0) is 4.79 Å². The summed E-state index contributed by atoms with van der Waals surface area (Å²) in [6, 6.07) is 0. The van der Waals surface area contributed by atoms with E-state index in [0.29, 0.717) is 6.42 Å². The second-order valence-electron chi connectivity index (χ2n) is 6.06. The highest BCUT2D eigenvalue weighted by molar-refractivity contribution is 7.81. The quantitative estimate of drug-likeness (QED) is 0.225. The van der Waals surface area contributed by atoms with Crippen LogP contribution in [0.5, 0.6) is 0 Å². The molecule has 0 heterocycles. The summed E-state index contributed by atoms with van der Waals surface area (Å²) in [6.07, 6.45) is 16.6. The summed E-state index contributed by atoms with van der Waals surface area (Å²) in [5.74, 6) is -0.820. The molecule has 0 saturated heterocycles. The molecule has 4 heteroatoms. The second kappa shape index (κ2) is 15.4. The van der Waals surface area contributed by atoms with E-state index in [2.05, 4.69) is 31.7 Å². The summed E-state index contributed by atoms with van der Waals surface area (Å²) < 4.78 is 0. The van der Waals surface area contributed by atoms with Gasteiger partial charge in [0.05, 0.1) is 11.4 Å². The number of thiol groups is 1. The predicted molar refractivity (Wildman–Crippen MR) is 96.6 cm³/mol. The van der Waals surface area contributed by atoms with Crippen molar-refractivity contribution in [2.75, 3.05) is 0 Å². The van der Waals surface area contributed by atoms with Gasteiger partial charge in [0.2, 0.25) is 0 Å². The second-order valence-corrected chi connectivity index (χ2v) is 6.68. The van der Waals surface area contributed by atoms with Crippen molar-refractivity contribution in [1.82, 2.24) is 0 Å². The Morgan fingerprint density at radius 1 is 1.00 bits per heavy atom. The summed E-state index contributed by atoms with van der Waals surface area (Å²) >= 11 is 4.02. The van der Waals surface area contributed by atoms with Crippen LogP contribution in [0.4, 0.5) is 0 Å². The fourth-order valence-corrected chi connectivity index (χ4v) is 2.56. The molecule has 0 aromatic heterocycles. The molecule has 2 N–H and O–H groups in total. The highest BCUT2D eigenvalue weighted by Gasteiger charge is 2.10. The van der Waals surface area contributed by atoms with E-state index in [0.717, 1.165) is 51.4 Å². The highest BCUT2D eigenvalue weighted by atomic mass is 32.1. The van der Waals surface area contributed by atoms with Crippen molar-refractivity contribution in [1.29, 1.82) is 0 Å². The van der Waals surface area contributed by atoms with Gasteiger partial charge in [-0.15, -0.1) is 0 Å². The minimum Gasteiger partial charge on any atom is -0.480 e. The lowest BCUT2D eigenvalue weighted by atomic mass is 10.1. The van der Waals surface area contributed by atoms with Crippen LogP contribution in [0.3, 0.4) is 0 Å². The fraction of sp³-hybridized carbons (Fsp3) is 0.833. The maximum Gasteiger partial charge on any atom is 0.316 e. The minimum absolute atomic E-state index is 0.184. The Kier molecular flexibility index (Phi) is 15.1. The molecule has 0 aliphatic heterocycles. The number of carbonyl (C=O) groups is 1. The van der Waals surface area contributed by atoms with Gasteiger partial charge in [0.1, 0.15) is 0 Å². The molecule has 0 aromatic carbocycles. The Balaban J connectivity index is 3.34. The van der Waals surface area contributed by atoms with Crippen molar-refractivity contribution in [2.45, 2.75) is 95.3 Å². The molecule has 0 aromatic rings. The number of allylic oxidation sites excluding steroid dienone is 1. The lowest BCUT2D eigenvalue weighted by Crippen LogP contribution is -2.12. The average Bonchev–Trinajstić information content (AvgIpc) is 2.49. The zero-order chi connectivity index (χ0) is 16.6. The maximum absolute atomic E-state index is 10.6. The van der Waals surface area contributed by atoms with Crippen LogP contribution >= 0.6 is 12.6 Å². The van der Waals surface area contributed by atoms with Crippen molar-refractivity contribution in [3.63, 3.8) is 0 Å². The summed E-state index contributed by atoms with van der Waals surface area (Å²) in [5.41, 5.74) is 0. The number of hydrogen-bond acceptors (Lipinski definition) is 3. The van der Waals surface area contributed by atoms with Crippen LogP contribution in [0.2, 0.25) is 0 Å². The number of aliphatic hydroxyl groups excluding tert-OH is 1. The lowest BCUT2D eigenvalue weighted by molar-refractivity contribution is -0.136. The van der Waals surface area contributed by atoms with Crippen molar-refractivity contribution in [3.8, 4) is 0 Å². The molecule has 0 spiro atoms. The van der Waals surface area contributed by atoms with Gasteiger partial charge in [-0.25, -0.2) is 0 Å². The fourth-order valence-electron chi connectivity index (χ4n) is 2.37. The molecule has 22 heavy (non-hydrogen) atoms. The molecule has 0 saturated carbocycles. The first-order chi connectivity index (χ1) is 10.6. The zero-order valence-electron chi connectivity index (χ0n) is 14.0. The summed E-state index contributed by atoms with van der Waals surface area (Å²) in [6.45, 7) is 2.20. The molecule has 0 rings (SSSR count). The van der Waals surface area contributed by atoms with Crippen LogP contribution in [0.1, 0.15) is 84.0 Å². The number of carboxylic acid groups (broad SMARTS) is 1. The van der Waals surface area contributed by atoms with Crippen molar-refractivity contribution >= 4 is 18.6 Å². The maximum atomic E-state index is 10.6. The number of aliphatic carboxylic acids is 1. The van der Waals surface area contributed by atoms with Gasteiger partial charge in [-0.2, -0.15) is 12.6 Å². The van der Waals surface area contributed by atoms with Gasteiger partial charge >= 0.3 is 5.97 Å². The molecule has 3 nitrogen and oxygen atoms in total. The average molecular weight is 331 g/mol. The Morgan fingerprint density at radius 2 is 1.64 bits per heavy atom. The predicted octanol–water partition coefficient (Wildman–Crippen LogP) is 4.99. The molecule has 130 valence electrons. The topological polar surface area (TPSA) is 57.5 Å².